The fraction of sp³-hybridized carbons (Fsp3) is 0.438. The molecule has 0 aliphatic carbocycles. The van der Waals surface area contributed by atoms with E-state index >= 15 is 0 Å². The lowest BCUT2D eigenvalue weighted by atomic mass is 9.97. The van der Waals surface area contributed by atoms with Gasteiger partial charge in [-0.3, -0.25) is 9.08 Å². The number of hydrogen-bond acceptors (Lipinski definition) is 5. The monoisotopic (exact) mass is 394 g/mol. The van der Waals surface area contributed by atoms with Crippen LogP contribution in [0, 0.1) is 6.92 Å². The Morgan fingerprint density at radius 3 is 2.58 bits per heavy atom. The fourth-order valence-electron chi connectivity index (χ4n) is 3.53. The molecule has 4 heterocycles. The van der Waals surface area contributed by atoms with Gasteiger partial charge in [0.05, 0.1) is 5.69 Å². The Kier molecular flexibility index (Phi) is 4.25. The zero-order valence-corrected chi connectivity index (χ0v) is 16.1. The third-order valence-electron chi connectivity index (χ3n) is 4.86. The Hall–Kier alpha value is -1.97. The van der Waals surface area contributed by atoms with Gasteiger partial charge in [-0.15, -0.1) is 10.2 Å². The van der Waals surface area contributed by atoms with E-state index in [-0.39, 0.29) is 16.0 Å². The number of sulfonamides is 1. The van der Waals surface area contributed by atoms with E-state index in [1.54, 1.807) is 14.0 Å². The quantitative estimate of drug-likeness (QED) is 0.678. The van der Waals surface area contributed by atoms with Crippen molar-refractivity contribution in [1.29, 1.82) is 0 Å². The molecule has 1 aliphatic rings. The largest absolute Gasteiger partial charge is 0.286 e. The zero-order chi connectivity index (χ0) is 18.5. The van der Waals surface area contributed by atoms with Crippen LogP contribution in [0.15, 0.2) is 29.3 Å². The number of pyridine rings is 1. The van der Waals surface area contributed by atoms with Crippen molar-refractivity contribution in [3.8, 4) is 0 Å². The highest BCUT2D eigenvalue weighted by molar-refractivity contribution is 7.89. The standard InChI is InChI=1S/C16H19ClN6O2S/c1-11-14(15(17)21(2)20-11)26(24,25)22-9-6-12(7-10-22)16-19-18-13-5-3-4-8-23(13)16/h3-5,8,12H,6-7,9-10H2,1-2H3. The molecule has 0 amide bonds. The van der Waals surface area contributed by atoms with Crippen molar-refractivity contribution in [2.24, 2.45) is 7.05 Å². The second kappa shape index (κ2) is 6.33. The minimum absolute atomic E-state index is 0.105. The van der Waals surface area contributed by atoms with E-state index in [0.717, 1.165) is 11.5 Å². The van der Waals surface area contributed by atoms with Crippen molar-refractivity contribution in [3.63, 3.8) is 0 Å². The van der Waals surface area contributed by atoms with Crippen LogP contribution >= 0.6 is 11.6 Å². The van der Waals surface area contributed by atoms with E-state index in [0.29, 0.717) is 31.6 Å². The van der Waals surface area contributed by atoms with Gasteiger partial charge in [-0.2, -0.15) is 9.40 Å². The van der Waals surface area contributed by atoms with E-state index in [1.165, 1.54) is 8.99 Å². The predicted molar refractivity (Wildman–Crippen MR) is 96.7 cm³/mol. The van der Waals surface area contributed by atoms with E-state index in [4.69, 9.17) is 11.6 Å². The molecule has 3 aromatic rings. The first-order chi connectivity index (χ1) is 12.4. The summed E-state index contributed by atoms with van der Waals surface area (Å²) in [6.45, 7) is 2.49. The minimum Gasteiger partial charge on any atom is -0.286 e. The van der Waals surface area contributed by atoms with Crippen LogP contribution in [0.5, 0.6) is 0 Å². The summed E-state index contributed by atoms with van der Waals surface area (Å²) in [4.78, 5) is 0.105. The summed E-state index contributed by atoms with van der Waals surface area (Å²) in [5.41, 5.74) is 1.22. The Morgan fingerprint density at radius 2 is 1.92 bits per heavy atom. The van der Waals surface area contributed by atoms with Gasteiger partial charge in [0.15, 0.2) is 5.65 Å². The van der Waals surface area contributed by atoms with Crippen LogP contribution in [0.25, 0.3) is 5.65 Å². The SMILES string of the molecule is Cc1nn(C)c(Cl)c1S(=O)(=O)N1CCC(c2nnc3ccccn23)CC1. The Morgan fingerprint density at radius 1 is 1.19 bits per heavy atom. The second-order valence-electron chi connectivity index (χ2n) is 6.49. The highest BCUT2D eigenvalue weighted by Crippen LogP contribution is 2.33. The molecule has 0 aromatic carbocycles. The number of rotatable bonds is 3. The van der Waals surface area contributed by atoms with Crippen molar-refractivity contribution in [2.75, 3.05) is 13.1 Å². The summed E-state index contributed by atoms with van der Waals surface area (Å²) in [6, 6.07) is 5.76. The minimum atomic E-state index is -3.66. The number of fused-ring (bicyclic) bond motifs is 1. The molecule has 0 N–H and O–H groups in total. The van der Waals surface area contributed by atoms with E-state index in [1.807, 2.05) is 28.8 Å². The molecule has 26 heavy (non-hydrogen) atoms. The lowest BCUT2D eigenvalue weighted by molar-refractivity contribution is 0.312. The summed E-state index contributed by atoms with van der Waals surface area (Å²) >= 11 is 6.17. The molecule has 8 nitrogen and oxygen atoms in total. The van der Waals surface area contributed by atoms with Crippen molar-refractivity contribution in [1.82, 2.24) is 28.7 Å². The number of halogens is 1. The van der Waals surface area contributed by atoms with Crippen molar-refractivity contribution in [3.05, 3.63) is 41.1 Å². The number of piperidine rings is 1. The molecular weight excluding hydrogens is 376 g/mol. The third kappa shape index (κ3) is 2.70. The van der Waals surface area contributed by atoms with Crippen molar-refractivity contribution >= 4 is 27.3 Å². The van der Waals surface area contributed by atoms with Gasteiger partial charge in [-0.25, -0.2) is 8.42 Å². The van der Waals surface area contributed by atoms with Crippen LogP contribution in [0.4, 0.5) is 0 Å². The normalized spacial score (nSPS) is 17.2. The van der Waals surface area contributed by atoms with Crippen LogP contribution < -0.4 is 0 Å². The summed E-state index contributed by atoms with van der Waals surface area (Å²) < 4.78 is 30.9. The van der Waals surface area contributed by atoms with Crippen LogP contribution in [-0.4, -0.2) is 50.2 Å². The molecule has 1 aliphatic heterocycles. The van der Waals surface area contributed by atoms with Gasteiger partial charge in [-0.1, -0.05) is 17.7 Å². The van der Waals surface area contributed by atoms with Gasteiger partial charge >= 0.3 is 0 Å². The molecule has 138 valence electrons. The molecule has 0 spiro atoms. The van der Waals surface area contributed by atoms with Gasteiger partial charge < -0.3 is 0 Å². The Balaban J connectivity index is 1.56. The van der Waals surface area contributed by atoms with E-state index < -0.39 is 10.0 Å². The molecule has 0 saturated carbocycles. The summed E-state index contributed by atoms with van der Waals surface area (Å²) in [7, 11) is -2.03. The van der Waals surface area contributed by atoms with Gasteiger partial charge in [0.2, 0.25) is 10.0 Å². The molecule has 1 fully saturated rings. The molecule has 4 rings (SSSR count). The molecule has 1 saturated heterocycles. The third-order valence-corrected chi connectivity index (χ3v) is 7.45. The molecule has 0 unspecified atom stereocenters. The first-order valence-electron chi connectivity index (χ1n) is 8.38. The average molecular weight is 395 g/mol. The molecule has 0 atom stereocenters. The Labute approximate surface area is 156 Å². The van der Waals surface area contributed by atoms with Crippen LogP contribution in [-0.2, 0) is 17.1 Å². The molecular formula is C16H19ClN6O2S. The zero-order valence-electron chi connectivity index (χ0n) is 14.5. The molecule has 10 heteroatoms. The summed E-state index contributed by atoms with van der Waals surface area (Å²) in [5.74, 6) is 1.05. The number of nitrogens with zero attached hydrogens (tertiary/aromatic N) is 6. The molecule has 3 aromatic heterocycles. The molecule has 0 bridgehead atoms. The highest BCUT2D eigenvalue weighted by Gasteiger charge is 2.35. The first kappa shape index (κ1) is 17.4. The second-order valence-corrected chi connectivity index (χ2v) is 8.73. The van der Waals surface area contributed by atoms with Crippen molar-refractivity contribution < 1.29 is 8.42 Å². The van der Waals surface area contributed by atoms with E-state index in [9.17, 15) is 8.42 Å². The highest BCUT2D eigenvalue weighted by atomic mass is 35.5. The van der Waals surface area contributed by atoms with Crippen LogP contribution in [0.2, 0.25) is 5.15 Å². The lowest BCUT2D eigenvalue weighted by Crippen LogP contribution is -2.38. The topological polar surface area (TPSA) is 85.4 Å². The molecule has 0 radical (unpaired) electrons. The summed E-state index contributed by atoms with van der Waals surface area (Å²) in [6.07, 6.45) is 3.31. The van der Waals surface area contributed by atoms with Gasteiger partial charge in [-0.05, 0) is 31.9 Å². The number of hydrogen-bond donors (Lipinski definition) is 0. The van der Waals surface area contributed by atoms with E-state index in [2.05, 4.69) is 15.3 Å². The van der Waals surface area contributed by atoms with Crippen LogP contribution in [0.3, 0.4) is 0 Å². The number of aryl methyl sites for hydroxylation is 2. The van der Waals surface area contributed by atoms with Crippen molar-refractivity contribution in [2.45, 2.75) is 30.6 Å². The predicted octanol–water partition coefficient (Wildman–Crippen LogP) is 1.99. The maximum absolute atomic E-state index is 13.0. The van der Waals surface area contributed by atoms with Crippen LogP contribution in [0.1, 0.15) is 30.3 Å². The first-order valence-corrected chi connectivity index (χ1v) is 10.2. The lowest BCUT2D eigenvalue weighted by Gasteiger charge is -2.30. The fourth-order valence-corrected chi connectivity index (χ4v) is 5.70. The smallest absolute Gasteiger partial charge is 0.248 e. The maximum Gasteiger partial charge on any atom is 0.248 e. The average Bonchev–Trinajstić information content (AvgIpc) is 3.16. The summed E-state index contributed by atoms with van der Waals surface area (Å²) in [5, 5.41) is 12.8. The van der Waals surface area contributed by atoms with Gasteiger partial charge in [0, 0.05) is 32.3 Å². The van der Waals surface area contributed by atoms with Gasteiger partial charge in [0.1, 0.15) is 15.9 Å². The maximum atomic E-state index is 13.0. The number of aromatic nitrogens is 5. The Bertz CT molecular complexity index is 1070. The van der Waals surface area contributed by atoms with Gasteiger partial charge in [0.25, 0.3) is 0 Å².